The predicted molar refractivity (Wildman–Crippen MR) is 224 cm³/mol. The van der Waals surface area contributed by atoms with E-state index in [1.807, 2.05) is 0 Å². The van der Waals surface area contributed by atoms with Crippen LogP contribution < -0.4 is 4.90 Å². The van der Waals surface area contributed by atoms with Gasteiger partial charge in [-0.2, -0.15) is 0 Å². The highest BCUT2D eigenvalue weighted by molar-refractivity contribution is 6.09. The van der Waals surface area contributed by atoms with Crippen LogP contribution in [-0.2, 0) is 5.41 Å². The van der Waals surface area contributed by atoms with Crippen LogP contribution in [0.1, 0.15) is 43.2 Å². The Hall–Kier alpha value is -5.86. The fourth-order valence-corrected chi connectivity index (χ4v) is 12.2. The lowest BCUT2D eigenvalue weighted by Gasteiger charge is -2.61. The lowest BCUT2D eigenvalue weighted by Crippen LogP contribution is -2.55. The molecule has 7 aromatic carbocycles. The number of para-hydroxylation sites is 3. The van der Waals surface area contributed by atoms with Crippen molar-refractivity contribution in [1.82, 2.24) is 4.57 Å². The van der Waals surface area contributed by atoms with E-state index in [9.17, 15) is 0 Å². The van der Waals surface area contributed by atoms with Gasteiger partial charge in [0.05, 0.1) is 16.7 Å². The van der Waals surface area contributed by atoms with E-state index in [2.05, 4.69) is 179 Å². The van der Waals surface area contributed by atoms with Gasteiger partial charge in [0.25, 0.3) is 0 Å². The number of hydrogen-bond acceptors (Lipinski definition) is 1. The second-order valence-corrected chi connectivity index (χ2v) is 16.6. The molecule has 2 nitrogen and oxygen atoms in total. The maximum absolute atomic E-state index is 2.56. The number of hydrogen-bond donors (Lipinski definition) is 0. The highest BCUT2D eigenvalue weighted by Gasteiger charge is 2.61. The molecule has 5 aliphatic rings. The molecule has 13 rings (SSSR count). The van der Waals surface area contributed by atoms with Crippen LogP contribution in [-0.4, -0.2) is 4.57 Å². The molecule has 0 unspecified atom stereocenters. The summed E-state index contributed by atoms with van der Waals surface area (Å²) in [6, 6.07) is 63.7. The van der Waals surface area contributed by atoms with Gasteiger partial charge in [0.15, 0.2) is 0 Å². The lowest BCUT2D eigenvalue weighted by molar-refractivity contribution is -0.0399. The van der Waals surface area contributed by atoms with Crippen LogP contribution in [0.3, 0.4) is 0 Å². The van der Waals surface area contributed by atoms with Crippen molar-refractivity contribution in [3.05, 3.63) is 181 Å². The number of aromatic nitrogens is 1. The van der Waals surface area contributed by atoms with Crippen molar-refractivity contribution in [3.63, 3.8) is 0 Å². The average molecular weight is 695 g/mol. The monoisotopic (exact) mass is 694 g/mol. The molecule has 0 atom stereocenters. The van der Waals surface area contributed by atoms with Gasteiger partial charge >= 0.3 is 0 Å². The topological polar surface area (TPSA) is 8.17 Å². The van der Waals surface area contributed by atoms with Crippen molar-refractivity contribution in [2.45, 2.75) is 37.5 Å². The Morgan fingerprint density at radius 2 is 1.04 bits per heavy atom. The van der Waals surface area contributed by atoms with E-state index in [4.69, 9.17) is 0 Å². The molecule has 0 radical (unpaired) electrons. The van der Waals surface area contributed by atoms with Gasteiger partial charge in [0.2, 0.25) is 0 Å². The lowest BCUT2D eigenvalue weighted by atomic mass is 9.43. The Kier molecular flexibility index (Phi) is 6.55. The van der Waals surface area contributed by atoms with Crippen LogP contribution in [0.2, 0.25) is 0 Å². The summed E-state index contributed by atoms with van der Waals surface area (Å²) >= 11 is 0. The van der Waals surface area contributed by atoms with Gasteiger partial charge in [-0.3, -0.25) is 0 Å². The zero-order valence-corrected chi connectivity index (χ0v) is 30.4. The summed E-state index contributed by atoms with van der Waals surface area (Å²) in [5.74, 6) is 3.36. The molecule has 5 aliphatic carbocycles. The second-order valence-electron chi connectivity index (χ2n) is 16.6. The van der Waals surface area contributed by atoms with Crippen molar-refractivity contribution in [1.29, 1.82) is 0 Å². The van der Waals surface area contributed by atoms with Crippen LogP contribution >= 0.6 is 0 Å². The standard InChI is InChI=1S/C52H42N2/c1-2-13-36(14-3-1)42-17-5-9-22-49(42)53(39-15-12-16-40(32-39)54-50-23-10-6-19-44(50)45-20-7-11-24-51(45)54)41-25-26-48-46(33-41)43-18-4-8-21-47(43)52(48)37-28-34-27-35(30-37)31-38(52)29-34/h1-26,32-35,37-38H,27-31H2. The Labute approximate surface area is 317 Å². The van der Waals surface area contributed by atoms with E-state index in [0.29, 0.717) is 0 Å². The molecule has 1 heterocycles. The zero-order valence-electron chi connectivity index (χ0n) is 30.4. The summed E-state index contributed by atoms with van der Waals surface area (Å²) in [4.78, 5) is 2.52. The molecule has 8 aromatic rings. The Bertz CT molecular complexity index is 2670. The van der Waals surface area contributed by atoms with Crippen molar-refractivity contribution < 1.29 is 0 Å². The van der Waals surface area contributed by atoms with E-state index >= 15 is 0 Å². The van der Waals surface area contributed by atoms with E-state index in [1.54, 1.807) is 11.1 Å². The quantitative estimate of drug-likeness (QED) is 0.174. The first-order valence-electron chi connectivity index (χ1n) is 20.0. The molecule has 0 amide bonds. The van der Waals surface area contributed by atoms with Crippen LogP contribution in [0, 0.1) is 23.7 Å². The number of anilines is 3. The van der Waals surface area contributed by atoms with Gasteiger partial charge in [-0.05, 0) is 132 Å². The first kappa shape index (κ1) is 30.6. The smallest absolute Gasteiger partial charge is 0.0541 e. The molecule has 4 bridgehead atoms. The minimum absolute atomic E-state index is 0.154. The molecule has 4 saturated carbocycles. The molecule has 1 spiro atoms. The molecule has 54 heavy (non-hydrogen) atoms. The van der Waals surface area contributed by atoms with Crippen LogP contribution in [0.25, 0.3) is 49.7 Å². The maximum Gasteiger partial charge on any atom is 0.0541 e. The van der Waals surface area contributed by atoms with Crippen LogP contribution in [0.5, 0.6) is 0 Å². The first-order valence-corrected chi connectivity index (χ1v) is 20.0. The third-order valence-electron chi connectivity index (χ3n) is 14.0. The van der Waals surface area contributed by atoms with Crippen molar-refractivity contribution in [2.75, 3.05) is 4.90 Å². The third-order valence-corrected chi connectivity index (χ3v) is 14.0. The fourth-order valence-electron chi connectivity index (χ4n) is 12.2. The van der Waals surface area contributed by atoms with Gasteiger partial charge in [0.1, 0.15) is 0 Å². The normalized spacial score (nSPS) is 23.3. The summed E-state index contributed by atoms with van der Waals surface area (Å²) in [6.45, 7) is 0. The van der Waals surface area contributed by atoms with Gasteiger partial charge in [-0.1, -0.05) is 121 Å². The molecular weight excluding hydrogens is 653 g/mol. The Morgan fingerprint density at radius 3 is 1.78 bits per heavy atom. The zero-order chi connectivity index (χ0) is 35.4. The van der Waals surface area contributed by atoms with E-state index in [1.165, 1.54) is 87.5 Å². The largest absolute Gasteiger partial charge is 0.310 e. The van der Waals surface area contributed by atoms with E-state index in [0.717, 1.165) is 35.0 Å². The molecule has 0 aliphatic heterocycles. The maximum atomic E-state index is 2.56. The second kappa shape index (κ2) is 11.6. The molecule has 0 N–H and O–H groups in total. The average Bonchev–Trinajstić information content (AvgIpc) is 3.71. The van der Waals surface area contributed by atoms with Gasteiger partial charge < -0.3 is 9.47 Å². The molecule has 260 valence electrons. The third kappa shape index (κ3) is 4.23. The number of fused-ring (bicyclic) bond motifs is 6. The van der Waals surface area contributed by atoms with Crippen LogP contribution in [0.15, 0.2) is 170 Å². The highest BCUT2D eigenvalue weighted by atomic mass is 15.1. The molecule has 4 fully saturated rings. The predicted octanol–water partition coefficient (Wildman–Crippen LogP) is 13.6. The summed E-state index contributed by atoms with van der Waals surface area (Å²) < 4.78 is 2.44. The Morgan fingerprint density at radius 1 is 0.444 bits per heavy atom. The number of rotatable bonds is 5. The van der Waals surface area contributed by atoms with Gasteiger partial charge in [0, 0.05) is 38.8 Å². The molecule has 1 aromatic heterocycles. The van der Waals surface area contributed by atoms with Crippen molar-refractivity contribution >= 4 is 38.9 Å². The van der Waals surface area contributed by atoms with E-state index in [-0.39, 0.29) is 5.41 Å². The molecule has 0 saturated heterocycles. The highest BCUT2D eigenvalue weighted by Crippen LogP contribution is 2.69. The fraction of sp³-hybridized carbons (Fsp3) is 0.192. The number of benzene rings is 7. The van der Waals surface area contributed by atoms with Crippen LogP contribution in [0.4, 0.5) is 17.1 Å². The molecule has 2 heteroatoms. The SMILES string of the molecule is c1ccc(-c2ccccc2N(c2cccc(-n3c4ccccc4c4ccccc43)c2)c2ccc3c(c2)-c2ccccc2C32C3CC4CC(C3)CC2C4)cc1. The first-order chi connectivity index (χ1) is 26.8. The minimum atomic E-state index is 0.154. The summed E-state index contributed by atoms with van der Waals surface area (Å²) in [7, 11) is 0. The summed E-state index contributed by atoms with van der Waals surface area (Å²) in [5, 5.41) is 2.56. The van der Waals surface area contributed by atoms with Crippen molar-refractivity contribution in [2.24, 2.45) is 23.7 Å². The molecular formula is C52H42N2. The Balaban J connectivity index is 1.08. The van der Waals surface area contributed by atoms with Crippen molar-refractivity contribution in [3.8, 4) is 27.9 Å². The number of nitrogens with zero attached hydrogens (tertiary/aromatic N) is 2. The summed E-state index contributed by atoms with van der Waals surface area (Å²) in [5.41, 5.74) is 15.8. The van der Waals surface area contributed by atoms with E-state index < -0.39 is 0 Å². The van der Waals surface area contributed by atoms with Gasteiger partial charge in [-0.15, -0.1) is 0 Å². The minimum Gasteiger partial charge on any atom is -0.310 e. The van der Waals surface area contributed by atoms with Gasteiger partial charge in [-0.25, -0.2) is 0 Å². The summed E-state index contributed by atoms with van der Waals surface area (Å²) in [6.07, 6.45) is 7.06.